The Bertz CT molecular complexity index is 764. The van der Waals surface area contributed by atoms with Gasteiger partial charge in [0.1, 0.15) is 6.54 Å². The number of carbonyl (C=O) groups excluding carboxylic acids is 3. The van der Waals surface area contributed by atoms with Crippen LogP contribution < -0.4 is 10.6 Å². The molecule has 1 saturated carbocycles. The van der Waals surface area contributed by atoms with Crippen molar-refractivity contribution >= 4 is 29.3 Å². The number of hydrogen-bond acceptors (Lipinski definition) is 3. The Hall–Kier alpha value is -2.29. The van der Waals surface area contributed by atoms with Gasteiger partial charge >= 0.3 is 18.0 Å². The molecule has 152 valence electrons. The van der Waals surface area contributed by atoms with Crippen molar-refractivity contribution in [2.75, 3.05) is 13.1 Å². The number of hydrogen-bond donors (Lipinski definition) is 2. The van der Waals surface area contributed by atoms with Gasteiger partial charge in [0.25, 0.3) is 0 Å². The van der Waals surface area contributed by atoms with Crippen molar-refractivity contribution in [3.63, 3.8) is 0 Å². The normalized spacial score (nSPS) is 24.6. The molecule has 0 spiro atoms. The number of likely N-dealkylation sites (tertiary alicyclic amines) is 1. The molecular formula is C18H19ClF3N3O3. The van der Waals surface area contributed by atoms with E-state index in [0.29, 0.717) is 22.8 Å². The predicted molar refractivity (Wildman–Crippen MR) is 94.5 cm³/mol. The average Bonchev–Trinajstić information content (AvgIpc) is 2.88. The SMILES string of the molecule is O=C(NC1CC(c2ccc(Cl)cc2)C1)C(=O)NC1CC(=O)N(CC(F)(F)F)C1. The molecule has 1 aliphatic heterocycles. The number of benzene rings is 1. The van der Waals surface area contributed by atoms with Crippen LogP contribution in [0.2, 0.25) is 5.02 Å². The van der Waals surface area contributed by atoms with Crippen LogP contribution in [0.25, 0.3) is 0 Å². The van der Waals surface area contributed by atoms with E-state index in [2.05, 4.69) is 10.6 Å². The highest BCUT2D eigenvalue weighted by Gasteiger charge is 2.39. The minimum atomic E-state index is -4.50. The van der Waals surface area contributed by atoms with Gasteiger partial charge in [0, 0.05) is 24.0 Å². The summed E-state index contributed by atoms with van der Waals surface area (Å²) in [5.74, 6) is -2.22. The molecule has 1 aliphatic carbocycles. The second-order valence-electron chi connectivity index (χ2n) is 7.15. The molecule has 2 aliphatic rings. The number of halogens is 4. The molecule has 0 radical (unpaired) electrons. The molecule has 3 rings (SSSR count). The van der Waals surface area contributed by atoms with Crippen LogP contribution in [0.4, 0.5) is 13.2 Å². The second kappa shape index (κ2) is 7.98. The number of amides is 3. The van der Waals surface area contributed by atoms with Crippen molar-refractivity contribution in [2.45, 2.75) is 43.4 Å². The highest BCUT2D eigenvalue weighted by atomic mass is 35.5. The minimum Gasteiger partial charge on any atom is -0.345 e. The van der Waals surface area contributed by atoms with E-state index in [1.165, 1.54) is 0 Å². The van der Waals surface area contributed by atoms with Gasteiger partial charge in [0.15, 0.2) is 0 Å². The van der Waals surface area contributed by atoms with Crippen molar-refractivity contribution in [3.8, 4) is 0 Å². The van der Waals surface area contributed by atoms with Crippen LogP contribution in [0, 0.1) is 0 Å². The maximum absolute atomic E-state index is 12.4. The van der Waals surface area contributed by atoms with Crippen molar-refractivity contribution in [1.82, 2.24) is 15.5 Å². The quantitative estimate of drug-likeness (QED) is 0.735. The van der Waals surface area contributed by atoms with Crippen molar-refractivity contribution in [3.05, 3.63) is 34.9 Å². The van der Waals surface area contributed by atoms with Crippen molar-refractivity contribution < 1.29 is 27.6 Å². The molecule has 28 heavy (non-hydrogen) atoms. The summed E-state index contributed by atoms with van der Waals surface area (Å²) in [4.78, 5) is 36.2. The highest BCUT2D eigenvalue weighted by molar-refractivity contribution is 6.35. The molecule has 1 aromatic carbocycles. The first kappa shape index (κ1) is 20.4. The van der Waals surface area contributed by atoms with E-state index in [4.69, 9.17) is 11.6 Å². The summed E-state index contributed by atoms with van der Waals surface area (Å²) in [7, 11) is 0. The van der Waals surface area contributed by atoms with E-state index >= 15 is 0 Å². The molecule has 1 aromatic rings. The van der Waals surface area contributed by atoms with Crippen LogP contribution in [-0.4, -0.2) is 54.0 Å². The molecule has 1 saturated heterocycles. The van der Waals surface area contributed by atoms with Gasteiger partial charge < -0.3 is 15.5 Å². The summed E-state index contributed by atoms with van der Waals surface area (Å²) in [5, 5.41) is 5.58. The summed E-state index contributed by atoms with van der Waals surface area (Å²) < 4.78 is 37.2. The Morgan fingerprint density at radius 1 is 1.07 bits per heavy atom. The van der Waals surface area contributed by atoms with E-state index in [-0.39, 0.29) is 24.9 Å². The lowest BCUT2D eigenvalue weighted by molar-refractivity contribution is -0.157. The van der Waals surface area contributed by atoms with Gasteiger partial charge in [-0.2, -0.15) is 13.2 Å². The summed E-state index contributed by atoms with van der Waals surface area (Å²) in [6.07, 6.45) is -3.39. The first-order valence-electron chi connectivity index (χ1n) is 8.82. The molecule has 1 atom stereocenters. The van der Waals surface area contributed by atoms with Gasteiger partial charge in [-0.25, -0.2) is 0 Å². The maximum Gasteiger partial charge on any atom is 0.406 e. The van der Waals surface area contributed by atoms with Crippen molar-refractivity contribution in [2.24, 2.45) is 0 Å². The zero-order valence-electron chi connectivity index (χ0n) is 14.8. The molecule has 2 N–H and O–H groups in total. The van der Waals surface area contributed by atoms with E-state index in [0.717, 1.165) is 5.56 Å². The molecule has 6 nitrogen and oxygen atoms in total. The molecule has 1 unspecified atom stereocenters. The molecule has 0 aromatic heterocycles. The van der Waals surface area contributed by atoms with Gasteiger partial charge in [-0.05, 0) is 36.5 Å². The van der Waals surface area contributed by atoms with Gasteiger partial charge in [-0.3, -0.25) is 14.4 Å². The Labute approximate surface area is 164 Å². The lowest BCUT2D eigenvalue weighted by Gasteiger charge is -2.36. The third-order valence-electron chi connectivity index (χ3n) is 4.94. The van der Waals surface area contributed by atoms with Gasteiger partial charge in [-0.15, -0.1) is 0 Å². The van der Waals surface area contributed by atoms with Crippen molar-refractivity contribution in [1.29, 1.82) is 0 Å². The Morgan fingerprint density at radius 2 is 1.64 bits per heavy atom. The lowest BCUT2D eigenvalue weighted by atomic mass is 9.76. The Morgan fingerprint density at radius 3 is 2.21 bits per heavy atom. The maximum atomic E-state index is 12.4. The zero-order valence-corrected chi connectivity index (χ0v) is 15.5. The van der Waals surface area contributed by atoms with Crippen LogP contribution in [-0.2, 0) is 14.4 Å². The fourth-order valence-corrected chi connectivity index (χ4v) is 3.61. The number of rotatable bonds is 4. The highest BCUT2D eigenvalue weighted by Crippen LogP contribution is 2.37. The molecular weight excluding hydrogens is 399 g/mol. The number of nitrogens with one attached hydrogen (secondary N) is 2. The fourth-order valence-electron chi connectivity index (χ4n) is 3.48. The summed E-state index contributed by atoms with van der Waals surface area (Å²) in [5.41, 5.74) is 1.11. The number of alkyl halides is 3. The summed E-state index contributed by atoms with van der Waals surface area (Å²) in [6, 6.07) is 6.47. The van der Waals surface area contributed by atoms with Crippen LogP contribution in [0.15, 0.2) is 24.3 Å². The smallest absolute Gasteiger partial charge is 0.345 e. The molecule has 3 amide bonds. The number of nitrogens with zero attached hydrogens (tertiary/aromatic N) is 1. The average molecular weight is 418 g/mol. The molecule has 10 heteroatoms. The van der Waals surface area contributed by atoms with E-state index in [1.807, 2.05) is 12.1 Å². The third-order valence-corrected chi connectivity index (χ3v) is 5.19. The number of carbonyl (C=O) groups is 3. The predicted octanol–water partition coefficient (Wildman–Crippen LogP) is 1.98. The van der Waals surface area contributed by atoms with E-state index < -0.39 is 36.5 Å². The first-order chi connectivity index (χ1) is 13.1. The zero-order chi connectivity index (χ0) is 20.5. The fraction of sp³-hybridized carbons (Fsp3) is 0.500. The topological polar surface area (TPSA) is 78.5 Å². The minimum absolute atomic E-state index is 0.147. The van der Waals surface area contributed by atoms with E-state index in [9.17, 15) is 27.6 Å². The Kier molecular flexibility index (Phi) is 5.83. The third kappa shape index (κ3) is 5.15. The van der Waals surface area contributed by atoms with Crippen LogP contribution in [0.5, 0.6) is 0 Å². The second-order valence-corrected chi connectivity index (χ2v) is 7.59. The lowest BCUT2D eigenvalue weighted by Crippen LogP contribution is -2.51. The Balaban J connectivity index is 1.42. The van der Waals surface area contributed by atoms with Crippen LogP contribution in [0.1, 0.15) is 30.7 Å². The van der Waals surface area contributed by atoms with Gasteiger partial charge in [0.2, 0.25) is 5.91 Å². The van der Waals surface area contributed by atoms with Gasteiger partial charge in [-0.1, -0.05) is 23.7 Å². The summed E-state index contributed by atoms with van der Waals surface area (Å²) in [6.45, 7) is -1.63. The first-order valence-corrected chi connectivity index (χ1v) is 9.20. The monoisotopic (exact) mass is 417 g/mol. The molecule has 2 fully saturated rings. The summed E-state index contributed by atoms with van der Waals surface area (Å²) >= 11 is 5.85. The van der Waals surface area contributed by atoms with Crippen LogP contribution in [0.3, 0.4) is 0 Å². The van der Waals surface area contributed by atoms with E-state index in [1.54, 1.807) is 12.1 Å². The largest absolute Gasteiger partial charge is 0.406 e. The molecule has 0 bridgehead atoms. The standard InChI is InChI=1S/C18H19ClF3N3O3/c19-12-3-1-10(2-4-12)11-5-13(6-11)23-16(27)17(28)24-14-7-15(26)25(8-14)9-18(20,21)22/h1-4,11,13-14H,5-9H2,(H,23,27)(H,24,28). The van der Waals surface area contributed by atoms with Gasteiger partial charge in [0.05, 0.1) is 6.04 Å². The molecule has 1 heterocycles. The van der Waals surface area contributed by atoms with Crippen LogP contribution >= 0.6 is 11.6 Å².